The van der Waals surface area contributed by atoms with E-state index in [-0.39, 0.29) is 11.9 Å². The van der Waals surface area contributed by atoms with E-state index in [1.54, 1.807) is 0 Å². The van der Waals surface area contributed by atoms with Gasteiger partial charge in [-0.2, -0.15) is 0 Å². The van der Waals surface area contributed by atoms with E-state index in [0.29, 0.717) is 12.7 Å². The molecular weight excluding hydrogens is 240 g/mol. The Morgan fingerprint density at radius 1 is 1.47 bits per heavy atom. The van der Waals surface area contributed by atoms with E-state index in [4.69, 9.17) is 4.74 Å². The Morgan fingerprint density at radius 2 is 2.21 bits per heavy atom. The van der Waals surface area contributed by atoms with Gasteiger partial charge in [-0.05, 0) is 31.0 Å². The van der Waals surface area contributed by atoms with E-state index < -0.39 is 0 Å². The fraction of sp³-hybridized carbons (Fsp3) is 0.533. The van der Waals surface area contributed by atoms with Gasteiger partial charge in [0, 0.05) is 13.5 Å². The Labute approximate surface area is 114 Å². The van der Waals surface area contributed by atoms with Gasteiger partial charge in [0.1, 0.15) is 0 Å². The zero-order chi connectivity index (χ0) is 13.7. The number of carbonyl (C=O) groups is 1. The van der Waals surface area contributed by atoms with Crippen LogP contribution in [0.4, 0.5) is 0 Å². The molecule has 0 bridgehead atoms. The van der Waals surface area contributed by atoms with Crippen molar-refractivity contribution < 1.29 is 9.53 Å². The predicted octanol–water partition coefficient (Wildman–Crippen LogP) is 1.76. The van der Waals surface area contributed by atoms with E-state index >= 15 is 0 Å². The Kier molecular flexibility index (Phi) is 4.93. The van der Waals surface area contributed by atoms with Gasteiger partial charge in [-0.3, -0.25) is 4.79 Å². The van der Waals surface area contributed by atoms with Crippen molar-refractivity contribution in [3.05, 3.63) is 35.4 Å². The monoisotopic (exact) mass is 262 g/mol. The number of hydrogen-bond donors (Lipinski definition) is 2. The highest BCUT2D eigenvalue weighted by atomic mass is 16.5. The van der Waals surface area contributed by atoms with Crippen LogP contribution in [0.3, 0.4) is 0 Å². The van der Waals surface area contributed by atoms with Crippen molar-refractivity contribution >= 4 is 5.91 Å². The van der Waals surface area contributed by atoms with Crippen LogP contribution in [-0.4, -0.2) is 25.1 Å². The summed E-state index contributed by atoms with van der Waals surface area (Å²) < 4.78 is 5.82. The number of ether oxygens (including phenoxy) is 1. The molecule has 0 saturated carbocycles. The average molecular weight is 262 g/mol. The molecule has 2 unspecified atom stereocenters. The molecule has 4 heteroatoms. The molecule has 1 fully saturated rings. The first-order valence-corrected chi connectivity index (χ1v) is 6.83. The molecule has 1 heterocycles. The minimum Gasteiger partial charge on any atom is -0.372 e. The molecule has 0 aromatic heterocycles. The van der Waals surface area contributed by atoms with Gasteiger partial charge in [0.05, 0.1) is 18.8 Å². The van der Waals surface area contributed by atoms with Crippen molar-refractivity contribution in [3.63, 3.8) is 0 Å². The minimum absolute atomic E-state index is 0.00589. The van der Waals surface area contributed by atoms with Crippen LogP contribution in [0.2, 0.25) is 0 Å². The number of hydrogen-bond acceptors (Lipinski definition) is 3. The molecule has 0 aliphatic carbocycles. The molecule has 2 atom stereocenters. The minimum atomic E-state index is -0.00589. The normalized spacial score (nSPS) is 20.2. The lowest BCUT2D eigenvalue weighted by Gasteiger charge is -2.14. The van der Waals surface area contributed by atoms with Gasteiger partial charge >= 0.3 is 0 Å². The molecule has 1 aromatic rings. The zero-order valence-corrected chi connectivity index (χ0v) is 11.6. The number of nitrogens with one attached hydrogen (secondary N) is 2. The molecule has 2 N–H and O–H groups in total. The SMILES string of the molecule is CC(=O)NC(C)c1ccc(COC2CCNC2)cc1. The van der Waals surface area contributed by atoms with Crippen LogP contribution in [-0.2, 0) is 16.1 Å². The van der Waals surface area contributed by atoms with Crippen molar-refractivity contribution in [1.82, 2.24) is 10.6 Å². The van der Waals surface area contributed by atoms with E-state index in [2.05, 4.69) is 22.8 Å². The highest BCUT2D eigenvalue weighted by Crippen LogP contribution is 2.15. The van der Waals surface area contributed by atoms with Crippen molar-refractivity contribution in [2.45, 2.75) is 39.0 Å². The smallest absolute Gasteiger partial charge is 0.217 e. The predicted molar refractivity (Wildman–Crippen MR) is 74.7 cm³/mol. The fourth-order valence-electron chi connectivity index (χ4n) is 2.28. The maximum absolute atomic E-state index is 11.0. The second-order valence-corrected chi connectivity index (χ2v) is 5.09. The molecule has 1 saturated heterocycles. The summed E-state index contributed by atoms with van der Waals surface area (Å²) >= 11 is 0. The summed E-state index contributed by atoms with van der Waals surface area (Å²) in [5.41, 5.74) is 2.28. The van der Waals surface area contributed by atoms with E-state index in [1.165, 1.54) is 12.5 Å². The van der Waals surface area contributed by atoms with Crippen LogP contribution < -0.4 is 10.6 Å². The first-order valence-electron chi connectivity index (χ1n) is 6.83. The summed E-state index contributed by atoms with van der Waals surface area (Å²) in [6.07, 6.45) is 1.44. The molecule has 104 valence electrons. The quantitative estimate of drug-likeness (QED) is 0.850. The summed E-state index contributed by atoms with van der Waals surface area (Å²) in [5, 5.41) is 6.16. The lowest BCUT2D eigenvalue weighted by molar-refractivity contribution is -0.119. The third kappa shape index (κ3) is 4.33. The third-order valence-corrected chi connectivity index (χ3v) is 3.40. The summed E-state index contributed by atoms with van der Waals surface area (Å²) in [6, 6.07) is 8.27. The number of amides is 1. The summed E-state index contributed by atoms with van der Waals surface area (Å²) in [4.78, 5) is 11.0. The lowest BCUT2D eigenvalue weighted by atomic mass is 10.1. The first kappa shape index (κ1) is 14.0. The number of carbonyl (C=O) groups excluding carboxylic acids is 1. The molecule has 4 nitrogen and oxygen atoms in total. The van der Waals surface area contributed by atoms with Crippen LogP contribution in [0.15, 0.2) is 24.3 Å². The summed E-state index contributed by atoms with van der Waals surface area (Å²) in [5.74, 6) is -0.00589. The van der Waals surface area contributed by atoms with Crippen molar-refractivity contribution in [2.24, 2.45) is 0 Å². The second-order valence-electron chi connectivity index (χ2n) is 5.09. The molecule has 1 amide bonds. The van der Waals surface area contributed by atoms with Gasteiger partial charge in [0.25, 0.3) is 0 Å². The molecular formula is C15H22N2O2. The van der Waals surface area contributed by atoms with Crippen LogP contribution in [0.1, 0.15) is 37.4 Å². The van der Waals surface area contributed by atoms with E-state index in [0.717, 1.165) is 25.1 Å². The summed E-state index contributed by atoms with van der Waals surface area (Å²) in [6.45, 7) is 6.18. The van der Waals surface area contributed by atoms with Gasteiger partial charge in [-0.25, -0.2) is 0 Å². The topological polar surface area (TPSA) is 50.4 Å². The molecule has 2 rings (SSSR count). The molecule has 19 heavy (non-hydrogen) atoms. The maximum Gasteiger partial charge on any atom is 0.217 e. The van der Waals surface area contributed by atoms with Crippen LogP contribution in [0, 0.1) is 0 Å². The van der Waals surface area contributed by atoms with Crippen LogP contribution in [0.25, 0.3) is 0 Å². The number of benzene rings is 1. The van der Waals surface area contributed by atoms with Gasteiger partial charge in [0.2, 0.25) is 5.91 Å². The Bertz CT molecular complexity index is 411. The average Bonchev–Trinajstić information content (AvgIpc) is 2.89. The van der Waals surface area contributed by atoms with Gasteiger partial charge in [-0.15, -0.1) is 0 Å². The maximum atomic E-state index is 11.0. The highest BCUT2D eigenvalue weighted by Gasteiger charge is 2.14. The molecule has 1 aliphatic heterocycles. The standard InChI is InChI=1S/C15H22N2O2/c1-11(17-12(2)18)14-5-3-13(4-6-14)10-19-15-7-8-16-9-15/h3-6,11,15-16H,7-10H2,1-2H3,(H,17,18). The van der Waals surface area contributed by atoms with Gasteiger partial charge in [-0.1, -0.05) is 24.3 Å². The highest BCUT2D eigenvalue weighted by molar-refractivity contribution is 5.73. The fourth-order valence-corrected chi connectivity index (χ4v) is 2.28. The molecule has 1 aliphatic rings. The second kappa shape index (κ2) is 6.68. The largest absolute Gasteiger partial charge is 0.372 e. The molecule has 0 spiro atoms. The van der Waals surface area contributed by atoms with Gasteiger partial charge in [0.15, 0.2) is 0 Å². The Balaban J connectivity index is 1.85. The third-order valence-electron chi connectivity index (χ3n) is 3.40. The van der Waals surface area contributed by atoms with Crippen molar-refractivity contribution in [3.8, 4) is 0 Å². The van der Waals surface area contributed by atoms with Crippen molar-refractivity contribution in [2.75, 3.05) is 13.1 Å². The van der Waals surface area contributed by atoms with Crippen LogP contribution in [0.5, 0.6) is 0 Å². The Hall–Kier alpha value is -1.39. The summed E-state index contributed by atoms with van der Waals surface area (Å²) in [7, 11) is 0. The lowest BCUT2D eigenvalue weighted by Crippen LogP contribution is -2.23. The first-order chi connectivity index (χ1) is 9.15. The molecule has 1 aromatic carbocycles. The van der Waals surface area contributed by atoms with Crippen molar-refractivity contribution in [1.29, 1.82) is 0 Å². The number of rotatable bonds is 5. The van der Waals surface area contributed by atoms with Gasteiger partial charge < -0.3 is 15.4 Å². The van der Waals surface area contributed by atoms with Crippen LogP contribution >= 0.6 is 0 Å². The van der Waals surface area contributed by atoms with E-state index in [9.17, 15) is 4.79 Å². The zero-order valence-electron chi connectivity index (χ0n) is 11.6. The Morgan fingerprint density at radius 3 is 2.79 bits per heavy atom. The van der Waals surface area contributed by atoms with E-state index in [1.807, 2.05) is 19.1 Å². The molecule has 0 radical (unpaired) electrons.